The molecule has 0 spiro atoms. The molecule has 1 amide bonds. The van der Waals surface area contributed by atoms with Crippen LogP contribution in [0.5, 0.6) is 0 Å². The van der Waals surface area contributed by atoms with E-state index in [0.717, 1.165) is 32.4 Å². The fourth-order valence-corrected chi connectivity index (χ4v) is 3.99. The summed E-state index contributed by atoms with van der Waals surface area (Å²) in [5, 5.41) is 0. The van der Waals surface area contributed by atoms with Crippen LogP contribution in [0, 0.1) is 17.3 Å². The first kappa shape index (κ1) is 17.3. The Labute approximate surface area is 136 Å². The van der Waals surface area contributed by atoms with Crippen LogP contribution >= 0.6 is 0 Å². The molecule has 2 aliphatic rings. The number of rotatable bonds is 6. The number of hydrogen-bond acceptors (Lipinski definition) is 1. The van der Waals surface area contributed by atoms with E-state index in [1.165, 1.54) is 30.4 Å². The van der Waals surface area contributed by atoms with Gasteiger partial charge >= 0.3 is 0 Å². The van der Waals surface area contributed by atoms with Gasteiger partial charge in [-0.3, -0.25) is 4.79 Å². The van der Waals surface area contributed by atoms with Crippen LogP contribution < -0.4 is 0 Å². The molecule has 0 unspecified atom stereocenters. The average Bonchev–Trinajstić information content (AvgIpc) is 2.75. The lowest BCUT2D eigenvalue weighted by Crippen LogP contribution is -2.30. The summed E-state index contributed by atoms with van der Waals surface area (Å²) in [5.41, 5.74) is 3.12. The van der Waals surface area contributed by atoms with Crippen LogP contribution in [0.15, 0.2) is 23.8 Å². The molecule has 1 heterocycles. The van der Waals surface area contributed by atoms with Gasteiger partial charge in [0.25, 0.3) is 0 Å². The Morgan fingerprint density at radius 1 is 1.41 bits per heavy atom. The largest absolute Gasteiger partial charge is 0.335 e. The van der Waals surface area contributed by atoms with Gasteiger partial charge in [-0.2, -0.15) is 0 Å². The maximum Gasteiger partial charge on any atom is 0.246 e. The number of carbonyl (C=O) groups excluding carboxylic acids is 1. The third-order valence-electron chi connectivity index (χ3n) is 5.52. The Bertz CT molecular complexity index is 458. The summed E-state index contributed by atoms with van der Waals surface area (Å²) in [6, 6.07) is 0. The summed E-state index contributed by atoms with van der Waals surface area (Å²) in [5.74, 6) is 1.49. The van der Waals surface area contributed by atoms with E-state index in [1.54, 1.807) is 0 Å². The zero-order valence-corrected chi connectivity index (χ0v) is 15.0. The smallest absolute Gasteiger partial charge is 0.246 e. The van der Waals surface area contributed by atoms with Crippen LogP contribution in [0.1, 0.15) is 66.2 Å². The van der Waals surface area contributed by atoms with Gasteiger partial charge in [0.15, 0.2) is 0 Å². The minimum atomic E-state index is 0.220. The summed E-state index contributed by atoms with van der Waals surface area (Å²) in [6.07, 6.45) is 8.96. The summed E-state index contributed by atoms with van der Waals surface area (Å²) >= 11 is 0. The average molecular weight is 303 g/mol. The number of nitrogens with zero attached hydrogens (tertiary/aromatic N) is 1. The Morgan fingerprint density at radius 2 is 2.14 bits per heavy atom. The van der Waals surface area contributed by atoms with E-state index in [9.17, 15) is 4.79 Å². The molecule has 0 bridgehead atoms. The van der Waals surface area contributed by atoms with Gasteiger partial charge in [0.1, 0.15) is 0 Å². The molecule has 1 atom stereocenters. The number of hydrogen-bond donors (Lipinski definition) is 0. The quantitative estimate of drug-likeness (QED) is 0.635. The molecule has 0 aromatic heterocycles. The molecule has 2 rings (SSSR count). The van der Waals surface area contributed by atoms with Crippen LogP contribution in [0.3, 0.4) is 0 Å². The molecule has 1 saturated carbocycles. The van der Waals surface area contributed by atoms with Crippen molar-refractivity contribution in [2.75, 3.05) is 13.1 Å². The molecule has 1 fully saturated rings. The second kappa shape index (κ2) is 7.02. The van der Waals surface area contributed by atoms with Gasteiger partial charge in [0, 0.05) is 19.2 Å². The van der Waals surface area contributed by atoms with Crippen LogP contribution in [0.25, 0.3) is 0 Å². The first-order chi connectivity index (χ1) is 10.3. The van der Waals surface area contributed by atoms with Crippen molar-refractivity contribution in [1.29, 1.82) is 0 Å². The molecule has 0 N–H and O–H groups in total. The Balaban J connectivity index is 1.86. The van der Waals surface area contributed by atoms with E-state index in [2.05, 4.69) is 34.3 Å². The lowest BCUT2D eigenvalue weighted by atomic mass is 9.65. The molecule has 0 aromatic carbocycles. The summed E-state index contributed by atoms with van der Waals surface area (Å²) < 4.78 is 0. The van der Waals surface area contributed by atoms with Crippen molar-refractivity contribution in [3.63, 3.8) is 0 Å². The number of allylic oxidation sites excluding steroid dienone is 1. The summed E-state index contributed by atoms with van der Waals surface area (Å²) in [4.78, 5) is 14.1. The van der Waals surface area contributed by atoms with Gasteiger partial charge in [-0.1, -0.05) is 39.8 Å². The standard InChI is InChI=1S/C20H33NO/c1-15(2)10-12-21-14-17(13-19(21)22)8-9-18-16(3)7-6-11-20(18,4)5/h13,15,18H,3,6-12,14H2,1-2,4-5H3/t18-/m1/s1. The highest BCUT2D eigenvalue weighted by atomic mass is 16.2. The van der Waals surface area contributed by atoms with Gasteiger partial charge in [-0.25, -0.2) is 0 Å². The molecule has 1 aliphatic heterocycles. The van der Waals surface area contributed by atoms with E-state index >= 15 is 0 Å². The Morgan fingerprint density at radius 3 is 2.77 bits per heavy atom. The predicted octanol–water partition coefficient (Wildman–Crippen LogP) is 4.96. The third kappa shape index (κ3) is 4.24. The van der Waals surface area contributed by atoms with E-state index in [4.69, 9.17) is 0 Å². The van der Waals surface area contributed by atoms with Crippen LogP contribution in [0.4, 0.5) is 0 Å². The normalized spacial score (nSPS) is 25.0. The zero-order valence-electron chi connectivity index (χ0n) is 15.0. The molecule has 2 nitrogen and oxygen atoms in total. The van der Waals surface area contributed by atoms with Crippen molar-refractivity contribution in [1.82, 2.24) is 4.90 Å². The number of amides is 1. The van der Waals surface area contributed by atoms with Gasteiger partial charge in [-0.15, -0.1) is 0 Å². The van der Waals surface area contributed by atoms with E-state index < -0.39 is 0 Å². The van der Waals surface area contributed by atoms with Crippen molar-refractivity contribution in [3.05, 3.63) is 23.8 Å². The predicted molar refractivity (Wildman–Crippen MR) is 93.6 cm³/mol. The molecule has 2 heteroatoms. The molecule has 0 saturated heterocycles. The monoisotopic (exact) mass is 303 g/mol. The first-order valence-corrected chi connectivity index (χ1v) is 8.95. The van der Waals surface area contributed by atoms with Gasteiger partial charge < -0.3 is 4.90 Å². The maximum absolute atomic E-state index is 12.1. The second-order valence-corrected chi connectivity index (χ2v) is 8.34. The zero-order chi connectivity index (χ0) is 16.3. The molecule has 0 aromatic rings. The fraction of sp³-hybridized carbons (Fsp3) is 0.750. The fourth-order valence-electron chi connectivity index (χ4n) is 3.99. The van der Waals surface area contributed by atoms with Gasteiger partial charge in [0.05, 0.1) is 0 Å². The van der Waals surface area contributed by atoms with E-state index in [0.29, 0.717) is 17.3 Å². The van der Waals surface area contributed by atoms with Gasteiger partial charge in [-0.05, 0) is 61.3 Å². The van der Waals surface area contributed by atoms with Crippen molar-refractivity contribution < 1.29 is 4.79 Å². The highest BCUT2D eigenvalue weighted by Crippen LogP contribution is 2.45. The lowest BCUT2D eigenvalue weighted by molar-refractivity contribution is -0.124. The molecule has 1 aliphatic carbocycles. The van der Waals surface area contributed by atoms with Crippen LogP contribution in [-0.4, -0.2) is 23.9 Å². The van der Waals surface area contributed by atoms with Crippen molar-refractivity contribution >= 4 is 5.91 Å². The Hall–Kier alpha value is -1.05. The minimum Gasteiger partial charge on any atom is -0.335 e. The highest BCUT2D eigenvalue weighted by molar-refractivity contribution is 5.91. The molecular formula is C20H33NO. The van der Waals surface area contributed by atoms with Gasteiger partial charge in [0.2, 0.25) is 5.91 Å². The van der Waals surface area contributed by atoms with E-state index in [-0.39, 0.29) is 5.91 Å². The topological polar surface area (TPSA) is 20.3 Å². The summed E-state index contributed by atoms with van der Waals surface area (Å²) in [6.45, 7) is 15.3. The molecule has 22 heavy (non-hydrogen) atoms. The SMILES string of the molecule is C=C1CCCC(C)(C)[C@@H]1CCC1=CC(=O)N(CCC(C)C)C1. The number of carbonyl (C=O) groups is 1. The first-order valence-electron chi connectivity index (χ1n) is 8.95. The van der Waals surface area contributed by atoms with Crippen molar-refractivity contribution in [2.24, 2.45) is 17.3 Å². The second-order valence-electron chi connectivity index (χ2n) is 8.34. The highest BCUT2D eigenvalue weighted by Gasteiger charge is 2.34. The third-order valence-corrected chi connectivity index (χ3v) is 5.52. The summed E-state index contributed by atoms with van der Waals surface area (Å²) in [7, 11) is 0. The molecular weight excluding hydrogens is 270 g/mol. The van der Waals surface area contributed by atoms with Crippen LogP contribution in [-0.2, 0) is 4.79 Å². The van der Waals surface area contributed by atoms with Crippen LogP contribution in [0.2, 0.25) is 0 Å². The van der Waals surface area contributed by atoms with Crippen molar-refractivity contribution in [2.45, 2.75) is 66.2 Å². The lowest BCUT2D eigenvalue weighted by Gasteiger charge is -2.40. The minimum absolute atomic E-state index is 0.220. The molecule has 124 valence electrons. The molecule has 0 radical (unpaired) electrons. The Kier molecular flexibility index (Phi) is 5.52. The van der Waals surface area contributed by atoms with Crippen molar-refractivity contribution in [3.8, 4) is 0 Å². The maximum atomic E-state index is 12.1. The van der Waals surface area contributed by atoms with E-state index in [1.807, 2.05) is 11.0 Å².